The Bertz CT molecular complexity index is 697. The van der Waals surface area contributed by atoms with Crippen LogP contribution >= 0.6 is 23.4 Å². The van der Waals surface area contributed by atoms with Gasteiger partial charge in [0.2, 0.25) is 5.91 Å². The lowest BCUT2D eigenvalue weighted by atomic mass is 10.2. The Hall–Kier alpha value is -1.65. The van der Waals surface area contributed by atoms with Gasteiger partial charge in [0.1, 0.15) is 5.75 Å². The van der Waals surface area contributed by atoms with E-state index in [9.17, 15) is 4.79 Å². The molecule has 1 atom stereocenters. The van der Waals surface area contributed by atoms with Gasteiger partial charge in [-0.1, -0.05) is 11.6 Å². The normalized spacial score (nSPS) is 15.8. The lowest BCUT2D eigenvalue weighted by Crippen LogP contribution is -2.22. The van der Waals surface area contributed by atoms with E-state index < -0.39 is 0 Å². The number of thioether (sulfide) groups is 1. The fraction of sp³-hybridized carbons (Fsp3) is 0.350. The van der Waals surface area contributed by atoms with E-state index in [-0.39, 0.29) is 11.2 Å². The molecule has 1 amide bonds. The van der Waals surface area contributed by atoms with Gasteiger partial charge in [0.05, 0.1) is 11.4 Å². The highest BCUT2D eigenvalue weighted by molar-refractivity contribution is 8.00. The zero-order chi connectivity index (χ0) is 17.6. The zero-order valence-corrected chi connectivity index (χ0v) is 15.8. The van der Waals surface area contributed by atoms with Crippen molar-refractivity contribution >= 4 is 35.0 Å². The van der Waals surface area contributed by atoms with Crippen molar-refractivity contribution in [3.8, 4) is 5.75 Å². The van der Waals surface area contributed by atoms with Crippen LogP contribution in [-0.4, -0.2) is 17.3 Å². The number of anilines is 1. The van der Waals surface area contributed by atoms with E-state index in [4.69, 9.17) is 16.3 Å². The van der Waals surface area contributed by atoms with Gasteiger partial charge >= 0.3 is 0 Å². The molecule has 132 valence electrons. The molecule has 2 aromatic rings. The minimum absolute atomic E-state index is 0.0237. The first-order valence-corrected chi connectivity index (χ1v) is 9.86. The summed E-state index contributed by atoms with van der Waals surface area (Å²) in [5, 5.41) is 3.45. The van der Waals surface area contributed by atoms with Crippen LogP contribution in [-0.2, 0) is 4.79 Å². The fourth-order valence-electron chi connectivity index (χ4n) is 2.83. The Balaban J connectivity index is 1.51. The van der Waals surface area contributed by atoms with Crippen LogP contribution in [0.3, 0.4) is 0 Å². The van der Waals surface area contributed by atoms with Gasteiger partial charge < -0.3 is 10.1 Å². The molecule has 25 heavy (non-hydrogen) atoms. The highest BCUT2D eigenvalue weighted by Gasteiger charge is 2.17. The van der Waals surface area contributed by atoms with Gasteiger partial charge in [0.15, 0.2) is 0 Å². The van der Waals surface area contributed by atoms with Crippen LogP contribution in [0.25, 0.3) is 0 Å². The Kier molecular flexibility index (Phi) is 6.27. The standard InChI is InChI=1S/C20H22ClNO2S/c1-14(25-19-12-6-15(21)7-13-19)20(23)22-16-8-10-18(11-9-16)24-17-4-2-3-5-17/h6-14,17H,2-5H2,1H3,(H,22,23)/t14-/m1/s1. The smallest absolute Gasteiger partial charge is 0.237 e. The number of carbonyl (C=O) groups is 1. The third-order valence-electron chi connectivity index (χ3n) is 4.22. The maximum Gasteiger partial charge on any atom is 0.237 e. The van der Waals surface area contributed by atoms with Gasteiger partial charge in [-0.15, -0.1) is 11.8 Å². The Labute approximate surface area is 158 Å². The summed E-state index contributed by atoms with van der Waals surface area (Å²) in [4.78, 5) is 13.4. The Morgan fingerprint density at radius 1 is 1.12 bits per heavy atom. The molecule has 0 saturated heterocycles. The summed E-state index contributed by atoms with van der Waals surface area (Å²) in [5.74, 6) is 0.845. The first-order chi connectivity index (χ1) is 12.1. The van der Waals surface area contributed by atoms with Gasteiger partial charge in [-0.05, 0) is 81.1 Å². The van der Waals surface area contributed by atoms with Gasteiger partial charge in [0, 0.05) is 15.6 Å². The summed E-state index contributed by atoms with van der Waals surface area (Å²) < 4.78 is 5.94. The Morgan fingerprint density at radius 2 is 1.76 bits per heavy atom. The molecule has 0 unspecified atom stereocenters. The van der Waals surface area contributed by atoms with Crippen molar-refractivity contribution in [3.63, 3.8) is 0 Å². The number of carbonyl (C=O) groups excluding carboxylic acids is 1. The minimum Gasteiger partial charge on any atom is -0.490 e. The monoisotopic (exact) mass is 375 g/mol. The first kappa shape index (κ1) is 18.2. The summed E-state index contributed by atoms with van der Waals surface area (Å²) >= 11 is 7.39. The van der Waals surface area contributed by atoms with Crippen molar-refractivity contribution in [2.75, 3.05) is 5.32 Å². The topological polar surface area (TPSA) is 38.3 Å². The van der Waals surface area contributed by atoms with Gasteiger partial charge in [-0.3, -0.25) is 4.79 Å². The SMILES string of the molecule is C[C@@H](Sc1ccc(Cl)cc1)C(=O)Nc1ccc(OC2CCCC2)cc1. The van der Waals surface area contributed by atoms with E-state index in [0.29, 0.717) is 11.1 Å². The molecule has 0 spiro atoms. The van der Waals surface area contributed by atoms with Gasteiger partial charge in [0.25, 0.3) is 0 Å². The van der Waals surface area contributed by atoms with Crippen molar-refractivity contribution in [2.45, 2.75) is 48.9 Å². The van der Waals surface area contributed by atoms with Crippen LogP contribution in [0.4, 0.5) is 5.69 Å². The highest BCUT2D eigenvalue weighted by Crippen LogP contribution is 2.27. The minimum atomic E-state index is -0.199. The average Bonchev–Trinajstić information content (AvgIpc) is 3.11. The van der Waals surface area contributed by atoms with Crippen molar-refractivity contribution in [3.05, 3.63) is 53.6 Å². The van der Waals surface area contributed by atoms with Crippen LogP contribution in [0.1, 0.15) is 32.6 Å². The maximum absolute atomic E-state index is 12.4. The molecule has 1 saturated carbocycles. The van der Waals surface area contributed by atoms with E-state index in [1.807, 2.05) is 55.5 Å². The highest BCUT2D eigenvalue weighted by atomic mass is 35.5. The number of nitrogens with one attached hydrogen (secondary N) is 1. The lowest BCUT2D eigenvalue weighted by Gasteiger charge is -2.14. The number of ether oxygens (including phenoxy) is 1. The molecule has 0 aromatic heterocycles. The predicted molar refractivity (Wildman–Crippen MR) is 105 cm³/mol. The fourth-order valence-corrected chi connectivity index (χ4v) is 3.82. The van der Waals surface area contributed by atoms with Crippen molar-refractivity contribution in [1.82, 2.24) is 0 Å². The number of halogens is 1. The molecule has 0 bridgehead atoms. The molecular formula is C20H22ClNO2S. The molecule has 5 heteroatoms. The van der Waals surface area contributed by atoms with Crippen LogP contribution in [0.2, 0.25) is 5.02 Å². The average molecular weight is 376 g/mol. The number of amides is 1. The summed E-state index contributed by atoms with van der Waals surface area (Å²) in [6.07, 6.45) is 5.12. The maximum atomic E-state index is 12.4. The molecule has 0 radical (unpaired) electrons. The molecule has 1 aliphatic carbocycles. The third-order valence-corrected chi connectivity index (χ3v) is 5.59. The van der Waals surface area contributed by atoms with Crippen molar-refractivity contribution in [2.24, 2.45) is 0 Å². The third kappa shape index (κ3) is 5.41. The van der Waals surface area contributed by atoms with E-state index >= 15 is 0 Å². The number of hydrogen-bond donors (Lipinski definition) is 1. The molecule has 3 nitrogen and oxygen atoms in total. The van der Waals surface area contributed by atoms with E-state index in [2.05, 4.69) is 5.32 Å². The quantitative estimate of drug-likeness (QED) is 0.650. The lowest BCUT2D eigenvalue weighted by molar-refractivity contribution is -0.115. The van der Waals surface area contributed by atoms with Gasteiger partial charge in [-0.25, -0.2) is 0 Å². The van der Waals surface area contributed by atoms with Crippen LogP contribution in [0.15, 0.2) is 53.4 Å². The second-order valence-corrected chi connectivity index (χ2v) is 8.10. The number of benzene rings is 2. The van der Waals surface area contributed by atoms with Crippen LogP contribution < -0.4 is 10.1 Å². The van der Waals surface area contributed by atoms with Crippen LogP contribution in [0, 0.1) is 0 Å². The van der Waals surface area contributed by atoms with E-state index in [0.717, 1.165) is 29.2 Å². The molecule has 2 aromatic carbocycles. The second-order valence-electron chi connectivity index (χ2n) is 6.25. The van der Waals surface area contributed by atoms with Crippen molar-refractivity contribution < 1.29 is 9.53 Å². The molecule has 3 rings (SSSR count). The van der Waals surface area contributed by atoms with E-state index in [1.54, 1.807) is 0 Å². The summed E-state index contributed by atoms with van der Waals surface area (Å²) in [6, 6.07) is 15.1. The first-order valence-electron chi connectivity index (χ1n) is 8.60. The number of rotatable bonds is 6. The van der Waals surface area contributed by atoms with Crippen molar-refractivity contribution in [1.29, 1.82) is 0 Å². The largest absolute Gasteiger partial charge is 0.490 e. The molecule has 0 aliphatic heterocycles. The molecular weight excluding hydrogens is 354 g/mol. The molecule has 1 fully saturated rings. The Morgan fingerprint density at radius 3 is 2.40 bits per heavy atom. The second kappa shape index (κ2) is 8.63. The summed E-state index contributed by atoms with van der Waals surface area (Å²) in [6.45, 7) is 1.90. The molecule has 1 aliphatic rings. The van der Waals surface area contributed by atoms with E-state index in [1.165, 1.54) is 24.6 Å². The molecule has 1 N–H and O–H groups in total. The number of hydrogen-bond acceptors (Lipinski definition) is 3. The molecule has 0 heterocycles. The van der Waals surface area contributed by atoms with Crippen LogP contribution in [0.5, 0.6) is 5.75 Å². The van der Waals surface area contributed by atoms with Gasteiger partial charge in [-0.2, -0.15) is 0 Å². The zero-order valence-electron chi connectivity index (χ0n) is 14.2. The predicted octanol–water partition coefficient (Wildman–Crippen LogP) is 5.78. The summed E-state index contributed by atoms with van der Waals surface area (Å²) in [5.41, 5.74) is 0.785. The summed E-state index contributed by atoms with van der Waals surface area (Å²) in [7, 11) is 0.